The van der Waals surface area contributed by atoms with Crippen LogP contribution in [0.2, 0.25) is 0 Å². The number of pyridine rings is 2. The van der Waals surface area contributed by atoms with Crippen LogP contribution in [0.25, 0.3) is 16.5 Å². The third kappa shape index (κ3) is 3.95. The molecule has 10 heteroatoms. The standard InChI is InChI=1S/C18H8N8O.Pt/c1-20-14-9-11-26(24-14)16-5-3-7-18(22-16)27-17-6-2-4-15(21-17)25-10-8-13(12-19)23-25;/h2-9H;/q-2;+2. The number of nitrogens with zero attached hydrogens (tertiary/aromatic N) is 8. The average molecular weight is 547 g/mol. The first kappa shape index (κ1) is 19.0. The molecule has 0 N–H and O–H groups in total. The van der Waals surface area contributed by atoms with Crippen LogP contribution in [-0.2, 0) is 21.1 Å². The molecule has 0 amide bonds. The molecule has 0 fully saturated rings. The Labute approximate surface area is 173 Å². The molecule has 0 saturated carbocycles. The summed E-state index contributed by atoms with van der Waals surface area (Å²) in [5.74, 6) is 1.73. The summed E-state index contributed by atoms with van der Waals surface area (Å²) in [4.78, 5) is 11.9. The van der Waals surface area contributed by atoms with Crippen LogP contribution in [-0.4, -0.2) is 29.5 Å². The van der Waals surface area contributed by atoms with E-state index in [4.69, 9.17) is 16.6 Å². The third-order valence-corrected chi connectivity index (χ3v) is 3.34. The summed E-state index contributed by atoms with van der Waals surface area (Å²) in [5, 5.41) is 16.9. The molecule has 4 aromatic rings. The van der Waals surface area contributed by atoms with Gasteiger partial charge in [-0.3, -0.25) is 9.97 Å². The van der Waals surface area contributed by atoms with Crippen molar-refractivity contribution in [3.8, 4) is 29.5 Å². The van der Waals surface area contributed by atoms with Crippen molar-refractivity contribution >= 4 is 5.82 Å². The molecule has 4 heterocycles. The number of hydrogen-bond donors (Lipinski definition) is 0. The smallest absolute Gasteiger partial charge is 0.423 e. The van der Waals surface area contributed by atoms with E-state index in [1.165, 1.54) is 21.5 Å². The van der Waals surface area contributed by atoms with Crippen molar-refractivity contribution in [2.45, 2.75) is 0 Å². The number of rotatable bonds is 4. The molecule has 0 aromatic carbocycles. The number of aromatic nitrogens is 6. The predicted octanol–water partition coefficient (Wildman–Crippen LogP) is 2.66. The Kier molecular flexibility index (Phi) is 5.59. The largest absolute Gasteiger partial charge is 2.00 e. The third-order valence-electron chi connectivity index (χ3n) is 3.34. The minimum atomic E-state index is 0. The summed E-state index contributed by atoms with van der Waals surface area (Å²) in [6, 6.07) is 15.1. The van der Waals surface area contributed by atoms with Crippen molar-refractivity contribution in [2.24, 2.45) is 0 Å². The zero-order chi connectivity index (χ0) is 18.6. The van der Waals surface area contributed by atoms with Gasteiger partial charge in [0, 0.05) is 0 Å². The van der Waals surface area contributed by atoms with Crippen molar-refractivity contribution in [1.29, 1.82) is 5.26 Å². The summed E-state index contributed by atoms with van der Waals surface area (Å²) >= 11 is 0. The Morgan fingerprint density at radius 3 is 2.11 bits per heavy atom. The average Bonchev–Trinajstić information content (AvgIpc) is 3.38. The molecule has 28 heavy (non-hydrogen) atoms. The van der Waals surface area contributed by atoms with Crippen LogP contribution >= 0.6 is 0 Å². The predicted molar refractivity (Wildman–Crippen MR) is 91.4 cm³/mol. The van der Waals surface area contributed by atoms with Gasteiger partial charge in [0.2, 0.25) is 11.8 Å². The van der Waals surface area contributed by atoms with E-state index in [0.717, 1.165) is 0 Å². The maximum absolute atomic E-state index is 8.86. The summed E-state index contributed by atoms with van der Waals surface area (Å²) in [6.45, 7) is 6.96. The Hall–Kier alpha value is -3.81. The summed E-state index contributed by atoms with van der Waals surface area (Å²) in [5.41, 5.74) is 0.242. The zero-order valence-corrected chi connectivity index (χ0v) is 16.2. The first-order chi connectivity index (χ1) is 13.2. The second-order valence-electron chi connectivity index (χ2n) is 5.11. The Bertz CT molecular complexity index is 1110. The van der Waals surface area contributed by atoms with Gasteiger partial charge in [-0.05, 0) is 29.5 Å². The molecule has 0 spiro atoms. The molecule has 0 bridgehead atoms. The molecule has 4 rings (SSSR count). The van der Waals surface area contributed by atoms with Crippen LogP contribution in [0.1, 0.15) is 5.69 Å². The summed E-state index contributed by atoms with van der Waals surface area (Å²) in [7, 11) is 0. The van der Waals surface area contributed by atoms with Gasteiger partial charge < -0.3 is 14.3 Å². The number of hydrogen-bond acceptors (Lipinski definition) is 6. The molecule has 9 nitrogen and oxygen atoms in total. The molecule has 0 atom stereocenters. The maximum Gasteiger partial charge on any atom is 2.00 e. The van der Waals surface area contributed by atoms with E-state index in [9.17, 15) is 0 Å². The summed E-state index contributed by atoms with van der Waals surface area (Å²) in [6.07, 6.45) is 5.63. The molecule has 0 aliphatic rings. The molecular formula is C18H8N8OPt. The topological polar surface area (TPSA) is 98.8 Å². The van der Waals surface area contributed by atoms with E-state index >= 15 is 0 Å². The second-order valence-corrected chi connectivity index (χ2v) is 5.11. The van der Waals surface area contributed by atoms with Crippen LogP contribution < -0.4 is 4.74 Å². The van der Waals surface area contributed by atoms with Crippen molar-refractivity contribution in [3.63, 3.8) is 0 Å². The quantitative estimate of drug-likeness (QED) is 0.365. The Balaban J connectivity index is 0.00000225. The minimum Gasteiger partial charge on any atom is -0.423 e. The molecule has 0 aliphatic carbocycles. The van der Waals surface area contributed by atoms with Crippen molar-refractivity contribution < 1.29 is 25.8 Å². The molecule has 136 valence electrons. The zero-order valence-electron chi connectivity index (χ0n) is 13.9. The van der Waals surface area contributed by atoms with Crippen LogP contribution in [0, 0.1) is 30.3 Å². The van der Waals surface area contributed by atoms with E-state index in [2.05, 4.69) is 37.4 Å². The van der Waals surface area contributed by atoms with E-state index in [1.807, 2.05) is 6.07 Å². The monoisotopic (exact) mass is 547 g/mol. The SMILES string of the molecule is [C-]#[N+]c1c[c-]n(-c2cccc(Oc3cccc(-n4[c-]cc(C#N)n4)n3)n2)n1.[Pt+2]. The molecule has 0 unspecified atom stereocenters. The molecule has 0 radical (unpaired) electrons. The minimum absolute atomic E-state index is 0. The first-order valence-electron chi connectivity index (χ1n) is 7.61. The van der Waals surface area contributed by atoms with Crippen LogP contribution in [0.15, 0.2) is 48.5 Å². The van der Waals surface area contributed by atoms with Crippen LogP contribution in [0.3, 0.4) is 0 Å². The van der Waals surface area contributed by atoms with Gasteiger partial charge >= 0.3 is 26.9 Å². The fraction of sp³-hybridized carbons (Fsp3) is 0. The molecular weight excluding hydrogens is 539 g/mol. The van der Waals surface area contributed by atoms with Gasteiger partial charge in [-0.15, -0.1) is 6.07 Å². The van der Waals surface area contributed by atoms with E-state index in [1.54, 1.807) is 36.4 Å². The van der Waals surface area contributed by atoms with Gasteiger partial charge in [0.05, 0.1) is 23.4 Å². The van der Waals surface area contributed by atoms with Crippen LogP contribution in [0.5, 0.6) is 11.8 Å². The van der Waals surface area contributed by atoms with Crippen LogP contribution in [0.4, 0.5) is 5.82 Å². The normalized spacial score (nSPS) is 9.79. The van der Waals surface area contributed by atoms with Gasteiger partial charge in [0.1, 0.15) is 0 Å². The van der Waals surface area contributed by atoms with E-state index < -0.39 is 0 Å². The van der Waals surface area contributed by atoms with E-state index in [0.29, 0.717) is 23.4 Å². The van der Waals surface area contributed by atoms with E-state index in [-0.39, 0.29) is 32.6 Å². The fourth-order valence-electron chi connectivity index (χ4n) is 2.18. The van der Waals surface area contributed by atoms with Crippen molar-refractivity contribution in [2.75, 3.05) is 0 Å². The molecule has 4 aromatic heterocycles. The number of ether oxygens (including phenoxy) is 1. The molecule has 0 saturated heterocycles. The van der Waals surface area contributed by atoms with Gasteiger partial charge in [-0.2, -0.15) is 0 Å². The maximum atomic E-state index is 8.86. The second kappa shape index (κ2) is 8.25. The Morgan fingerprint density at radius 1 is 0.964 bits per heavy atom. The van der Waals surface area contributed by atoms with Crippen molar-refractivity contribution in [3.05, 3.63) is 78.0 Å². The van der Waals surface area contributed by atoms with Crippen molar-refractivity contribution in [1.82, 2.24) is 29.5 Å². The van der Waals surface area contributed by atoms with Gasteiger partial charge in [-0.1, -0.05) is 37.0 Å². The molecule has 0 aliphatic heterocycles. The fourth-order valence-corrected chi connectivity index (χ4v) is 2.18. The van der Waals surface area contributed by atoms with Gasteiger partial charge in [-0.25, -0.2) is 15.0 Å². The van der Waals surface area contributed by atoms with Gasteiger partial charge in [0.25, 0.3) is 0 Å². The Morgan fingerprint density at radius 2 is 1.57 bits per heavy atom. The van der Waals surface area contributed by atoms with Gasteiger partial charge in [0.15, 0.2) is 0 Å². The number of nitriles is 1. The summed E-state index contributed by atoms with van der Waals surface area (Å²) < 4.78 is 8.44. The first-order valence-corrected chi connectivity index (χ1v) is 7.61.